The Labute approximate surface area is 163 Å². The lowest BCUT2D eigenvalue weighted by molar-refractivity contribution is -0.132. The van der Waals surface area contributed by atoms with Gasteiger partial charge in [-0.25, -0.2) is 9.50 Å². The lowest BCUT2D eigenvalue weighted by Crippen LogP contribution is -2.43. The van der Waals surface area contributed by atoms with Gasteiger partial charge in [-0.2, -0.15) is 10.2 Å². The molecule has 1 atom stereocenters. The molecule has 0 bridgehead atoms. The fourth-order valence-electron chi connectivity index (χ4n) is 2.89. The van der Waals surface area contributed by atoms with Crippen molar-refractivity contribution in [2.24, 2.45) is 7.05 Å². The van der Waals surface area contributed by atoms with Crippen molar-refractivity contribution in [1.82, 2.24) is 29.3 Å². The van der Waals surface area contributed by atoms with Crippen molar-refractivity contribution in [3.8, 4) is 17.1 Å². The number of hydrogen-bond acceptors (Lipinski definition) is 6. The lowest BCUT2D eigenvalue weighted by Gasteiger charge is -2.30. The van der Waals surface area contributed by atoms with Crippen LogP contribution in [0.15, 0.2) is 43.5 Å². The molecule has 1 aliphatic heterocycles. The molecule has 28 heavy (non-hydrogen) atoms. The highest BCUT2D eigenvalue weighted by atomic mass is 16.5. The third-order valence-electron chi connectivity index (χ3n) is 4.28. The highest BCUT2D eigenvalue weighted by Gasteiger charge is 2.18. The number of aromatic nitrogens is 5. The predicted molar refractivity (Wildman–Crippen MR) is 104 cm³/mol. The minimum atomic E-state index is 0.000139. The van der Waals surface area contributed by atoms with E-state index in [0.717, 1.165) is 16.8 Å². The number of ether oxygens (including phenoxy) is 2. The quantitative estimate of drug-likeness (QED) is 0.637. The van der Waals surface area contributed by atoms with Gasteiger partial charge in [0.05, 0.1) is 44.1 Å². The molecule has 1 saturated heterocycles. The van der Waals surface area contributed by atoms with Crippen LogP contribution in [0.3, 0.4) is 0 Å². The summed E-state index contributed by atoms with van der Waals surface area (Å²) in [5.74, 6) is 0.559. The average Bonchev–Trinajstić information content (AvgIpc) is 3.35. The van der Waals surface area contributed by atoms with Crippen molar-refractivity contribution < 1.29 is 14.3 Å². The van der Waals surface area contributed by atoms with Crippen molar-refractivity contribution in [3.63, 3.8) is 0 Å². The van der Waals surface area contributed by atoms with Crippen LogP contribution in [-0.2, 0) is 16.6 Å². The van der Waals surface area contributed by atoms with E-state index in [2.05, 4.69) is 21.8 Å². The molecule has 9 heteroatoms. The minimum Gasteiger partial charge on any atom is -0.479 e. The molecule has 1 amide bonds. The third-order valence-corrected chi connectivity index (χ3v) is 4.28. The maximum atomic E-state index is 11.1. The first-order valence-electron chi connectivity index (χ1n) is 8.92. The second-order valence-corrected chi connectivity index (χ2v) is 6.37. The molecule has 0 aromatic carbocycles. The monoisotopic (exact) mass is 384 g/mol. The molecule has 1 fully saturated rings. The van der Waals surface area contributed by atoms with E-state index >= 15 is 0 Å². The Morgan fingerprint density at radius 3 is 2.86 bits per heavy atom. The van der Waals surface area contributed by atoms with E-state index < -0.39 is 0 Å². The van der Waals surface area contributed by atoms with Crippen LogP contribution in [-0.4, -0.2) is 68.1 Å². The van der Waals surface area contributed by atoms with E-state index in [0.29, 0.717) is 25.6 Å². The van der Waals surface area contributed by atoms with Crippen LogP contribution in [0.1, 0.15) is 6.92 Å². The molecule has 3 aromatic heterocycles. The fraction of sp³-hybridized carbons (Fsp3) is 0.368. The summed E-state index contributed by atoms with van der Waals surface area (Å²) >= 11 is 0. The summed E-state index contributed by atoms with van der Waals surface area (Å²) in [5.41, 5.74) is 2.56. The molecule has 1 aliphatic rings. The highest BCUT2D eigenvalue weighted by molar-refractivity contribution is 5.87. The molecule has 3 aromatic rings. The summed E-state index contributed by atoms with van der Waals surface area (Å²) in [7, 11) is 3.47. The Bertz CT molecular complexity index is 964. The number of methoxy groups -OCH3 is 1. The zero-order valence-corrected chi connectivity index (χ0v) is 16.3. The van der Waals surface area contributed by atoms with Gasteiger partial charge in [-0.1, -0.05) is 6.58 Å². The maximum Gasteiger partial charge on any atom is 0.246 e. The van der Waals surface area contributed by atoms with Gasteiger partial charge < -0.3 is 14.4 Å². The molecule has 4 rings (SSSR count). The van der Waals surface area contributed by atoms with E-state index in [4.69, 9.17) is 9.47 Å². The number of aryl methyl sites for hydroxylation is 1. The predicted octanol–water partition coefficient (Wildman–Crippen LogP) is 1.56. The van der Waals surface area contributed by atoms with Crippen molar-refractivity contribution in [3.05, 3.63) is 43.5 Å². The summed E-state index contributed by atoms with van der Waals surface area (Å²) in [6, 6.07) is 1.86. The third kappa shape index (κ3) is 4.37. The van der Waals surface area contributed by atoms with Crippen LogP contribution in [0.25, 0.3) is 16.8 Å². The minimum absolute atomic E-state index is 0.000139. The number of hydrogen-bond donors (Lipinski definition) is 0. The molecular weight excluding hydrogens is 360 g/mol. The first-order chi connectivity index (χ1) is 13.5. The van der Waals surface area contributed by atoms with Gasteiger partial charge in [-0.3, -0.25) is 9.48 Å². The van der Waals surface area contributed by atoms with E-state index in [-0.39, 0.29) is 12.0 Å². The van der Waals surface area contributed by atoms with Gasteiger partial charge in [-0.15, -0.1) is 0 Å². The van der Waals surface area contributed by atoms with Crippen LogP contribution in [0.2, 0.25) is 0 Å². The van der Waals surface area contributed by atoms with E-state index in [1.165, 1.54) is 6.08 Å². The molecule has 0 N–H and O–H groups in total. The summed E-state index contributed by atoms with van der Waals surface area (Å²) in [6.45, 7) is 7.40. The van der Waals surface area contributed by atoms with Crippen molar-refractivity contribution >= 4 is 11.4 Å². The van der Waals surface area contributed by atoms with Gasteiger partial charge in [-0.05, 0) is 19.1 Å². The molecule has 0 radical (unpaired) electrons. The molecule has 1 unspecified atom stereocenters. The number of amides is 1. The summed E-state index contributed by atoms with van der Waals surface area (Å²) in [6.07, 6.45) is 8.74. The average molecular weight is 384 g/mol. The first kappa shape index (κ1) is 19.6. The Hall–Kier alpha value is -3.20. The maximum absolute atomic E-state index is 11.1. The number of morpholine rings is 1. The molecular formula is C19H24N6O3. The highest BCUT2D eigenvalue weighted by Crippen LogP contribution is 2.22. The van der Waals surface area contributed by atoms with Gasteiger partial charge >= 0.3 is 0 Å². The van der Waals surface area contributed by atoms with Crippen LogP contribution in [0.4, 0.5) is 0 Å². The summed E-state index contributed by atoms with van der Waals surface area (Å²) in [5, 5.41) is 8.31. The Kier molecular flexibility index (Phi) is 6.05. The Balaban J connectivity index is 0.000000178. The van der Waals surface area contributed by atoms with Gasteiger partial charge in [0, 0.05) is 31.9 Å². The normalized spacial score (nSPS) is 16.4. The second-order valence-electron chi connectivity index (χ2n) is 6.37. The van der Waals surface area contributed by atoms with E-state index in [1.807, 2.05) is 32.4 Å². The summed E-state index contributed by atoms with van der Waals surface area (Å²) < 4.78 is 14.0. The number of nitrogens with zero attached hydrogens (tertiary/aromatic N) is 6. The molecule has 9 nitrogen and oxygen atoms in total. The van der Waals surface area contributed by atoms with Crippen LogP contribution in [0, 0.1) is 0 Å². The Morgan fingerprint density at radius 2 is 2.21 bits per heavy atom. The topological polar surface area (TPSA) is 86.8 Å². The zero-order chi connectivity index (χ0) is 20.1. The van der Waals surface area contributed by atoms with Gasteiger partial charge in [0.1, 0.15) is 5.52 Å². The fourth-order valence-corrected chi connectivity index (χ4v) is 2.89. The number of fused-ring (bicyclic) bond motifs is 1. The van der Waals surface area contributed by atoms with Crippen LogP contribution < -0.4 is 4.74 Å². The van der Waals surface area contributed by atoms with E-state index in [9.17, 15) is 4.79 Å². The molecule has 148 valence electrons. The van der Waals surface area contributed by atoms with Gasteiger partial charge in [0.2, 0.25) is 11.8 Å². The molecule has 0 saturated carbocycles. The van der Waals surface area contributed by atoms with Crippen molar-refractivity contribution in [2.45, 2.75) is 13.0 Å². The number of rotatable bonds is 3. The zero-order valence-electron chi connectivity index (χ0n) is 16.3. The molecule has 4 heterocycles. The van der Waals surface area contributed by atoms with Crippen molar-refractivity contribution in [1.29, 1.82) is 0 Å². The van der Waals surface area contributed by atoms with Gasteiger partial charge in [0.25, 0.3) is 0 Å². The SMILES string of the molecule is C=CC(=O)N1CCOC(C)C1.COc1nc(-c2cnn(C)c2)cn2nccc12. The van der Waals surface area contributed by atoms with Crippen molar-refractivity contribution in [2.75, 3.05) is 26.8 Å². The number of carbonyl (C=O) groups excluding carboxylic acids is 1. The van der Waals surface area contributed by atoms with Gasteiger partial charge in [0.15, 0.2) is 0 Å². The van der Waals surface area contributed by atoms with Crippen LogP contribution in [0.5, 0.6) is 5.88 Å². The van der Waals surface area contributed by atoms with Crippen LogP contribution >= 0.6 is 0 Å². The largest absolute Gasteiger partial charge is 0.479 e. The smallest absolute Gasteiger partial charge is 0.246 e. The number of carbonyl (C=O) groups is 1. The molecule has 0 aliphatic carbocycles. The lowest BCUT2D eigenvalue weighted by atomic mass is 10.3. The first-order valence-corrected chi connectivity index (χ1v) is 8.92. The molecule has 0 spiro atoms. The summed E-state index contributed by atoms with van der Waals surface area (Å²) in [4.78, 5) is 17.3. The van der Waals surface area contributed by atoms with E-state index in [1.54, 1.807) is 33.6 Å². The standard InChI is InChI=1S/C11H11N5O.C8H13NO2/c1-15-6-8(5-13-15)9-7-16-10(3-4-12-16)11(14-9)17-2;1-3-8(10)9-4-5-11-7(2)6-9/h3-7H,1-2H3;3,7H,1,4-6H2,2H3. The second kappa shape index (κ2) is 8.66. The Morgan fingerprint density at radius 1 is 1.39 bits per heavy atom.